The van der Waals surface area contributed by atoms with E-state index in [9.17, 15) is 9.59 Å². The Labute approximate surface area is 184 Å². The molecule has 2 amide bonds. The van der Waals surface area contributed by atoms with Gasteiger partial charge in [0.2, 0.25) is 0 Å². The van der Waals surface area contributed by atoms with Crippen molar-refractivity contribution < 1.29 is 9.59 Å². The summed E-state index contributed by atoms with van der Waals surface area (Å²) in [5.41, 5.74) is 4.97. The van der Waals surface area contributed by atoms with Crippen LogP contribution in [0, 0.1) is 3.57 Å². The molecule has 0 aliphatic rings. The fourth-order valence-electron chi connectivity index (χ4n) is 2.37. The van der Waals surface area contributed by atoms with Gasteiger partial charge in [0.1, 0.15) is 0 Å². The number of nitrogens with one attached hydrogen (secondary N) is 2. The number of amides is 2. The topological polar surface area (TPSA) is 70.6 Å². The molecule has 0 radical (unpaired) electrons. The predicted molar refractivity (Wildman–Crippen MR) is 123 cm³/mol. The number of nitrogens with zero attached hydrogens (tertiary/aromatic N) is 1. The summed E-state index contributed by atoms with van der Waals surface area (Å²) in [5, 5.41) is 6.78. The highest BCUT2D eigenvalue weighted by Crippen LogP contribution is 2.18. The maximum atomic E-state index is 12.3. The molecule has 0 spiro atoms. The van der Waals surface area contributed by atoms with Crippen LogP contribution in [-0.2, 0) is 0 Å². The van der Waals surface area contributed by atoms with Crippen molar-refractivity contribution in [2.24, 2.45) is 5.10 Å². The summed E-state index contributed by atoms with van der Waals surface area (Å²) < 4.78 is 1.81. The summed E-state index contributed by atoms with van der Waals surface area (Å²) in [5.74, 6) is -0.558. The zero-order chi connectivity index (χ0) is 19.9. The summed E-state index contributed by atoms with van der Waals surface area (Å²) >= 11 is 5.57. The molecule has 28 heavy (non-hydrogen) atoms. The smallest absolute Gasteiger partial charge is 0.271 e. The van der Waals surface area contributed by atoms with Crippen LogP contribution in [0.3, 0.4) is 0 Å². The van der Waals surface area contributed by atoms with Gasteiger partial charge in [0.05, 0.1) is 11.8 Å². The zero-order valence-electron chi connectivity index (χ0n) is 14.5. The molecule has 0 unspecified atom stereocenters. The Morgan fingerprint density at radius 2 is 1.68 bits per heavy atom. The minimum Gasteiger partial charge on any atom is -0.322 e. The molecule has 0 saturated heterocycles. The van der Waals surface area contributed by atoms with E-state index >= 15 is 0 Å². The van der Waals surface area contributed by atoms with E-state index in [2.05, 4.69) is 54.4 Å². The number of rotatable bonds is 5. The number of benzene rings is 3. The first kappa shape index (κ1) is 20.2. The van der Waals surface area contributed by atoms with E-state index in [1.165, 1.54) is 0 Å². The van der Waals surface area contributed by atoms with Crippen molar-refractivity contribution in [3.05, 3.63) is 97.5 Å². The summed E-state index contributed by atoms with van der Waals surface area (Å²) in [4.78, 5) is 24.5. The summed E-state index contributed by atoms with van der Waals surface area (Å²) in [6.07, 6.45) is 1.59. The molecule has 0 bridgehead atoms. The summed E-state index contributed by atoms with van der Waals surface area (Å²) in [7, 11) is 0. The van der Waals surface area contributed by atoms with Crippen molar-refractivity contribution in [1.82, 2.24) is 5.43 Å². The molecule has 3 aromatic carbocycles. The van der Waals surface area contributed by atoms with Crippen molar-refractivity contribution in [3.8, 4) is 0 Å². The lowest BCUT2D eigenvalue weighted by atomic mass is 10.1. The Hall–Kier alpha value is -2.52. The largest absolute Gasteiger partial charge is 0.322 e. The Morgan fingerprint density at radius 3 is 2.39 bits per heavy atom. The van der Waals surface area contributed by atoms with Crippen LogP contribution in [0.25, 0.3) is 0 Å². The van der Waals surface area contributed by atoms with Crippen molar-refractivity contribution in [3.63, 3.8) is 0 Å². The molecule has 0 atom stereocenters. The SMILES string of the molecule is O=C(N/N=C\c1cccc(I)c1)c1ccc(NC(=O)c2ccccc2Br)cc1. The second-order valence-corrected chi connectivity index (χ2v) is 7.87. The molecule has 140 valence electrons. The van der Waals surface area contributed by atoms with Gasteiger partial charge in [-0.3, -0.25) is 9.59 Å². The third-order valence-corrected chi connectivity index (χ3v) is 5.11. The maximum Gasteiger partial charge on any atom is 0.271 e. The molecule has 0 aromatic heterocycles. The molecule has 5 nitrogen and oxygen atoms in total. The van der Waals surface area contributed by atoms with E-state index in [0.29, 0.717) is 16.8 Å². The van der Waals surface area contributed by atoms with Gasteiger partial charge >= 0.3 is 0 Å². The Morgan fingerprint density at radius 1 is 0.929 bits per heavy atom. The first-order chi connectivity index (χ1) is 13.5. The van der Waals surface area contributed by atoms with E-state index in [-0.39, 0.29) is 11.8 Å². The molecular weight excluding hydrogens is 533 g/mol. The van der Waals surface area contributed by atoms with Gasteiger partial charge in [-0.05, 0) is 92.6 Å². The van der Waals surface area contributed by atoms with E-state index in [0.717, 1.165) is 13.6 Å². The lowest BCUT2D eigenvalue weighted by Crippen LogP contribution is -2.18. The molecule has 0 fully saturated rings. The normalized spacial score (nSPS) is 10.6. The van der Waals surface area contributed by atoms with E-state index in [4.69, 9.17) is 0 Å². The first-order valence-electron chi connectivity index (χ1n) is 8.28. The highest BCUT2D eigenvalue weighted by molar-refractivity contribution is 14.1. The lowest BCUT2D eigenvalue weighted by Gasteiger charge is -2.07. The molecule has 0 aliphatic carbocycles. The Balaban J connectivity index is 1.60. The number of carbonyl (C=O) groups excluding carboxylic acids is 2. The summed E-state index contributed by atoms with van der Waals surface area (Å²) in [6, 6.07) is 21.5. The molecule has 0 saturated carbocycles. The fourth-order valence-corrected chi connectivity index (χ4v) is 3.40. The van der Waals surface area contributed by atoms with E-state index in [1.54, 1.807) is 48.7 Å². The van der Waals surface area contributed by atoms with Gasteiger partial charge in [-0.15, -0.1) is 0 Å². The van der Waals surface area contributed by atoms with Crippen LogP contribution in [0.1, 0.15) is 26.3 Å². The van der Waals surface area contributed by atoms with Crippen LogP contribution >= 0.6 is 38.5 Å². The second kappa shape index (κ2) is 9.61. The number of hydrogen-bond acceptors (Lipinski definition) is 3. The monoisotopic (exact) mass is 547 g/mol. The average molecular weight is 548 g/mol. The highest BCUT2D eigenvalue weighted by Gasteiger charge is 2.10. The van der Waals surface area contributed by atoms with Crippen LogP contribution < -0.4 is 10.7 Å². The van der Waals surface area contributed by atoms with Gasteiger partial charge in [0, 0.05) is 19.3 Å². The van der Waals surface area contributed by atoms with Gasteiger partial charge in [0.15, 0.2) is 0 Å². The van der Waals surface area contributed by atoms with Gasteiger partial charge in [-0.25, -0.2) is 5.43 Å². The Kier molecular flexibility index (Phi) is 6.94. The van der Waals surface area contributed by atoms with Crippen molar-refractivity contribution in [1.29, 1.82) is 0 Å². The quantitative estimate of drug-likeness (QED) is 0.266. The number of carbonyl (C=O) groups is 2. The van der Waals surface area contributed by atoms with Crippen LogP contribution in [0.5, 0.6) is 0 Å². The molecule has 0 aliphatic heterocycles. The fraction of sp³-hybridized carbons (Fsp3) is 0. The minimum absolute atomic E-state index is 0.230. The standard InChI is InChI=1S/C21H15BrIN3O2/c22-19-7-2-1-6-18(19)21(28)25-17-10-8-15(9-11-17)20(27)26-24-13-14-4-3-5-16(23)12-14/h1-13H,(H,25,28)(H,26,27)/b24-13-. The molecule has 3 rings (SSSR count). The van der Waals surface area contributed by atoms with Crippen LogP contribution in [0.15, 0.2) is 82.4 Å². The van der Waals surface area contributed by atoms with Crippen LogP contribution in [-0.4, -0.2) is 18.0 Å². The van der Waals surface area contributed by atoms with Crippen LogP contribution in [0.2, 0.25) is 0 Å². The maximum absolute atomic E-state index is 12.3. The molecule has 3 aromatic rings. The van der Waals surface area contributed by atoms with E-state index in [1.807, 2.05) is 30.3 Å². The van der Waals surface area contributed by atoms with E-state index < -0.39 is 0 Å². The lowest BCUT2D eigenvalue weighted by molar-refractivity contribution is 0.0954. The van der Waals surface area contributed by atoms with Crippen molar-refractivity contribution in [2.75, 3.05) is 5.32 Å². The van der Waals surface area contributed by atoms with Gasteiger partial charge in [-0.2, -0.15) is 5.10 Å². The van der Waals surface area contributed by atoms with Crippen molar-refractivity contribution >= 4 is 62.2 Å². The van der Waals surface area contributed by atoms with Gasteiger partial charge in [0.25, 0.3) is 11.8 Å². The zero-order valence-corrected chi connectivity index (χ0v) is 18.3. The minimum atomic E-state index is -0.328. The first-order valence-corrected chi connectivity index (χ1v) is 10.1. The number of halogens is 2. The van der Waals surface area contributed by atoms with Crippen LogP contribution in [0.4, 0.5) is 5.69 Å². The molecule has 7 heteroatoms. The van der Waals surface area contributed by atoms with Crippen molar-refractivity contribution in [2.45, 2.75) is 0 Å². The third kappa shape index (κ3) is 5.49. The molecular formula is C21H15BrIN3O2. The van der Waals surface area contributed by atoms with Gasteiger partial charge < -0.3 is 5.32 Å². The third-order valence-electron chi connectivity index (χ3n) is 3.75. The average Bonchev–Trinajstić information content (AvgIpc) is 2.69. The molecule has 0 heterocycles. The Bertz CT molecular complexity index is 1040. The number of hydrogen-bond donors (Lipinski definition) is 2. The summed E-state index contributed by atoms with van der Waals surface area (Å²) in [6.45, 7) is 0. The molecule has 2 N–H and O–H groups in total. The number of hydrazone groups is 1. The number of anilines is 1. The predicted octanol–water partition coefficient (Wildman–Crippen LogP) is 5.07. The second-order valence-electron chi connectivity index (χ2n) is 5.77. The van der Waals surface area contributed by atoms with Gasteiger partial charge in [-0.1, -0.05) is 24.3 Å². The highest BCUT2D eigenvalue weighted by atomic mass is 127.